The molecule has 0 aliphatic carbocycles. The lowest BCUT2D eigenvalue weighted by Crippen LogP contribution is -2.48. The van der Waals surface area contributed by atoms with Crippen LogP contribution in [0.3, 0.4) is 0 Å². The molecule has 0 radical (unpaired) electrons. The summed E-state index contributed by atoms with van der Waals surface area (Å²) in [5, 5.41) is 0. The average Bonchev–Trinajstić information content (AvgIpc) is 3.00. The fourth-order valence-corrected chi connectivity index (χ4v) is 2.83. The van der Waals surface area contributed by atoms with Crippen molar-refractivity contribution < 1.29 is 13.9 Å². The molecular formula is C18H22N2O3. The van der Waals surface area contributed by atoms with Gasteiger partial charge in [0.2, 0.25) is 0 Å². The number of nitrogens with zero attached hydrogens (tertiary/aromatic N) is 2. The highest BCUT2D eigenvalue weighted by Crippen LogP contribution is 2.29. The van der Waals surface area contributed by atoms with Crippen molar-refractivity contribution in [2.75, 3.05) is 13.1 Å². The van der Waals surface area contributed by atoms with Crippen LogP contribution in [0, 0.1) is 12.8 Å². The third-order valence-corrected chi connectivity index (χ3v) is 4.28. The number of aromatic nitrogens is 1. The van der Waals surface area contributed by atoms with E-state index in [1.807, 2.05) is 35.2 Å². The smallest absolute Gasteiger partial charge is 0.276 e. The minimum Gasteiger partial charge on any atom is -0.448 e. The Bertz CT molecular complexity index is 666. The van der Waals surface area contributed by atoms with Crippen molar-refractivity contribution in [3.8, 4) is 0 Å². The lowest BCUT2D eigenvalue weighted by atomic mass is 10.0. The third kappa shape index (κ3) is 3.29. The topological polar surface area (TPSA) is 55.6 Å². The van der Waals surface area contributed by atoms with E-state index < -0.39 is 0 Å². The van der Waals surface area contributed by atoms with Crippen molar-refractivity contribution in [3.05, 3.63) is 53.7 Å². The molecule has 2 atom stereocenters. The van der Waals surface area contributed by atoms with E-state index in [4.69, 9.17) is 9.15 Å². The summed E-state index contributed by atoms with van der Waals surface area (Å²) in [7, 11) is 0. The molecule has 1 aliphatic heterocycles. The Morgan fingerprint density at radius 2 is 2.00 bits per heavy atom. The predicted octanol–water partition coefficient (Wildman–Crippen LogP) is 3.22. The molecule has 5 nitrogen and oxygen atoms in total. The molecule has 0 unspecified atom stereocenters. The number of oxazole rings is 1. The summed E-state index contributed by atoms with van der Waals surface area (Å²) >= 11 is 0. The molecule has 1 aromatic carbocycles. The van der Waals surface area contributed by atoms with Crippen LogP contribution in [-0.2, 0) is 4.74 Å². The Kier molecular flexibility index (Phi) is 4.48. The Morgan fingerprint density at radius 3 is 2.61 bits per heavy atom. The number of aryl methyl sites for hydroxylation is 1. The number of morpholine rings is 1. The van der Waals surface area contributed by atoms with Crippen LogP contribution in [0.5, 0.6) is 0 Å². The van der Waals surface area contributed by atoms with Gasteiger partial charge in [-0.1, -0.05) is 44.2 Å². The Balaban J connectivity index is 1.85. The number of benzene rings is 1. The SMILES string of the molecule is Cc1ocnc1C(=O)N1C[C@@H](c2ccccc2)O[C@@H](C(C)C)C1. The molecule has 0 saturated carbocycles. The molecule has 1 saturated heterocycles. The maximum Gasteiger partial charge on any atom is 0.276 e. The van der Waals surface area contributed by atoms with Gasteiger partial charge in [-0.2, -0.15) is 0 Å². The monoisotopic (exact) mass is 314 g/mol. The predicted molar refractivity (Wildman–Crippen MR) is 86.0 cm³/mol. The fraction of sp³-hybridized carbons (Fsp3) is 0.444. The quantitative estimate of drug-likeness (QED) is 0.873. The van der Waals surface area contributed by atoms with Crippen LogP contribution in [0.2, 0.25) is 0 Å². The summed E-state index contributed by atoms with van der Waals surface area (Å²) in [6.07, 6.45) is 1.20. The van der Waals surface area contributed by atoms with Crippen LogP contribution in [0.4, 0.5) is 0 Å². The minimum absolute atomic E-state index is 0.00473. The van der Waals surface area contributed by atoms with Crippen molar-refractivity contribution in [3.63, 3.8) is 0 Å². The number of rotatable bonds is 3. The molecule has 1 aromatic heterocycles. The van der Waals surface area contributed by atoms with E-state index in [0.29, 0.717) is 30.5 Å². The van der Waals surface area contributed by atoms with Crippen molar-refractivity contribution in [1.82, 2.24) is 9.88 Å². The average molecular weight is 314 g/mol. The molecule has 0 bridgehead atoms. The van der Waals surface area contributed by atoms with Crippen molar-refractivity contribution in [1.29, 1.82) is 0 Å². The van der Waals surface area contributed by atoms with Gasteiger partial charge < -0.3 is 14.1 Å². The van der Waals surface area contributed by atoms with Crippen molar-refractivity contribution >= 4 is 5.91 Å². The highest BCUT2D eigenvalue weighted by Gasteiger charge is 2.34. The van der Waals surface area contributed by atoms with E-state index in [0.717, 1.165) is 5.56 Å². The second-order valence-corrected chi connectivity index (χ2v) is 6.29. The van der Waals surface area contributed by atoms with Gasteiger partial charge in [0.05, 0.1) is 12.6 Å². The van der Waals surface area contributed by atoms with Gasteiger partial charge >= 0.3 is 0 Å². The zero-order valence-electron chi connectivity index (χ0n) is 13.7. The van der Waals surface area contributed by atoms with Crippen LogP contribution < -0.4 is 0 Å². The standard InChI is InChI=1S/C18H22N2O3/c1-12(2)15-9-20(18(21)17-13(3)22-11-19-17)10-16(23-15)14-7-5-4-6-8-14/h4-8,11-12,15-16H,9-10H2,1-3H3/t15-,16+/m1/s1. The van der Waals surface area contributed by atoms with E-state index >= 15 is 0 Å². The summed E-state index contributed by atoms with van der Waals surface area (Å²) < 4.78 is 11.4. The van der Waals surface area contributed by atoms with Crippen LogP contribution in [0.25, 0.3) is 0 Å². The van der Waals surface area contributed by atoms with Gasteiger partial charge in [0, 0.05) is 6.54 Å². The van der Waals surface area contributed by atoms with E-state index in [2.05, 4.69) is 18.8 Å². The molecule has 1 amide bonds. The van der Waals surface area contributed by atoms with Crippen LogP contribution in [0.1, 0.15) is 41.8 Å². The molecular weight excluding hydrogens is 292 g/mol. The molecule has 2 aromatic rings. The second kappa shape index (κ2) is 6.54. The van der Waals surface area contributed by atoms with Gasteiger partial charge in [0.15, 0.2) is 12.1 Å². The number of hydrogen-bond acceptors (Lipinski definition) is 4. The molecule has 5 heteroatoms. The number of carbonyl (C=O) groups excluding carboxylic acids is 1. The first kappa shape index (κ1) is 15.7. The Labute approximate surface area is 136 Å². The molecule has 2 heterocycles. The lowest BCUT2D eigenvalue weighted by molar-refractivity contribution is -0.0955. The summed E-state index contributed by atoms with van der Waals surface area (Å²) in [6.45, 7) is 7.09. The molecule has 0 N–H and O–H groups in total. The zero-order chi connectivity index (χ0) is 16.4. The number of ether oxygens (including phenoxy) is 1. The molecule has 1 fully saturated rings. The summed E-state index contributed by atoms with van der Waals surface area (Å²) in [6, 6.07) is 10.0. The van der Waals surface area contributed by atoms with Gasteiger partial charge in [0.25, 0.3) is 5.91 Å². The highest BCUT2D eigenvalue weighted by molar-refractivity contribution is 5.93. The maximum atomic E-state index is 12.8. The molecule has 122 valence electrons. The minimum atomic E-state index is -0.117. The largest absolute Gasteiger partial charge is 0.448 e. The first-order chi connectivity index (χ1) is 11.1. The maximum absolute atomic E-state index is 12.8. The summed E-state index contributed by atoms with van der Waals surface area (Å²) in [4.78, 5) is 18.7. The first-order valence-corrected chi connectivity index (χ1v) is 7.96. The number of hydrogen-bond donors (Lipinski definition) is 0. The summed E-state index contributed by atoms with van der Waals surface area (Å²) in [5.41, 5.74) is 1.48. The van der Waals surface area contributed by atoms with Gasteiger partial charge in [0.1, 0.15) is 11.9 Å². The molecule has 1 aliphatic rings. The lowest BCUT2D eigenvalue weighted by Gasteiger charge is -2.39. The Morgan fingerprint density at radius 1 is 1.26 bits per heavy atom. The van der Waals surface area contributed by atoms with E-state index in [1.54, 1.807) is 6.92 Å². The molecule has 3 rings (SSSR count). The van der Waals surface area contributed by atoms with Gasteiger partial charge in [-0.15, -0.1) is 0 Å². The molecule has 0 spiro atoms. The highest BCUT2D eigenvalue weighted by atomic mass is 16.5. The van der Waals surface area contributed by atoms with Crippen molar-refractivity contribution in [2.45, 2.75) is 33.0 Å². The molecule has 23 heavy (non-hydrogen) atoms. The number of amides is 1. The van der Waals surface area contributed by atoms with Gasteiger partial charge in [-0.3, -0.25) is 4.79 Å². The normalized spacial score (nSPS) is 21.7. The second-order valence-electron chi connectivity index (χ2n) is 6.29. The van der Waals surface area contributed by atoms with Gasteiger partial charge in [-0.05, 0) is 18.4 Å². The van der Waals surface area contributed by atoms with Crippen LogP contribution in [0.15, 0.2) is 41.1 Å². The van der Waals surface area contributed by atoms with E-state index in [1.165, 1.54) is 6.39 Å². The third-order valence-electron chi connectivity index (χ3n) is 4.28. The first-order valence-electron chi connectivity index (χ1n) is 7.96. The van der Waals surface area contributed by atoms with Crippen LogP contribution in [-0.4, -0.2) is 35.0 Å². The number of carbonyl (C=O) groups is 1. The van der Waals surface area contributed by atoms with Gasteiger partial charge in [-0.25, -0.2) is 4.98 Å². The van der Waals surface area contributed by atoms with E-state index in [-0.39, 0.29) is 18.1 Å². The summed E-state index contributed by atoms with van der Waals surface area (Å²) in [5.74, 6) is 0.792. The zero-order valence-corrected chi connectivity index (χ0v) is 13.7. The van der Waals surface area contributed by atoms with Crippen molar-refractivity contribution in [2.24, 2.45) is 5.92 Å². The van der Waals surface area contributed by atoms with E-state index in [9.17, 15) is 4.79 Å². The van der Waals surface area contributed by atoms with Crippen LogP contribution >= 0.6 is 0 Å². The fourth-order valence-electron chi connectivity index (χ4n) is 2.83. The Hall–Kier alpha value is -2.14.